The minimum absolute atomic E-state index is 0.385. The molecule has 1 aromatic heterocycles. The van der Waals surface area contributed by atoms with Crippen LogP contribution >= 0.6 is 11.3 Å². The van der Waals surface area contributed by atoms with Crippen LogP contribution in [0.4, 0.5) is 5.13 Å². The lowest BCUT2D eigenvalue weighted by molar-refractivity contribution is 0.328. The molecule has 5 heteroatoms. The fourth-order valence-corrected chi connectivity index (χ4v) is 4.12. The highest BCUT2D eigenvalue weighted by molar-refractivity contribution is 7.15. The number of hydrogen-bond acceptors (Lipinski definition) is 5. The fraction of sp³-hybridized carbons (Fsp3) is 0.800. The first-order valence-corrected chi connectivity index (χ1v) is 8.48. The molecule has 114 valence electrons. The van der Waals surface area contributed by atoms with Gasteiger partial charge in [0.25, 0.3) is 0 Å². The summed E-state index contributed by atoms with van der Waals surface area (Å²) in [5.41, 5.74) is 1.18. The van der Waals surface area contributed by atoms with Crippen LogP contribution < -0.4 is 10.2 Å². The summed E-state index contributed by atoms with van der Waals surface area (Å²) in [6.45, 7) is 10.1. The molecule has 2 heterocycles. The van der Waals surface area contributed by atoms with Gasteiger partial charge in [0, 0.05) is 30.1 Å². The molecule has 4 nitrogen and oxygen atoms in total. The normalized spacial score (nSPS) is 22.9. The zero-order valence-electron chi connectivity index (χ0n) is 13.4. The Bertz CT molecular complexity index is 432. The maximum Gasteiger partial charge on any atom is 0.186 e. The van der Waals surface area contributed by atoms with Crippen molar-refractivity contribution in [2.45, 2.75) is 45.7 Å². The highest BCUT2D eigenvalue weighted by Gasteiger charge is 2.25. The molecule has 1 aliphatic heterocycles. The van der Waals surface area contributed by atoms with E-state index in [1.54, 1.807) is 0 Å². The molecule has 2 atom stereocenters. The summed E-state index contributed by atoms with van der Waals surface area (Å²) in [4.78, 5) is 11.2. The van der Waals surface area contributed by atoms with Crippen LogP contribution in [0.25, 0.3) is 0 Å². The van der Waals surface area contributed by atoms with E-state index in [1.807, 2.05) is 18.4 Å². The molecule has 1 fully saturated rings. The van der Waals surface area contributed by atoms with Crippen LogP contribution in [0.15, 0.2) is 0 Å². The van der Waals surface area contributed by atoms with Crippen LogP contribution in [0, 0.1) is 6.92 Å². The average Bonchev–Trinajstić information content (AvgIpc) is 2.71. The summed E-state index contributed by atoms with van der Waals surface area (Å²) >= 11 is 1.86. The highest BCUT2D eigenvalue weighted by Crippen LogP contribution is 2.32. The Morgan fingerprint density at radius 3 is 2.85 bits per heavy atom. The van der Waals surface area contributed by atoms with Crippen molar-refractivity contribution in [3.05, 3.63) is 10.6 Å². The maximum atomic E-state index is 4.85. The molecule has 2 unspecified atom stereocenters. The van der Waals surface area contributed by atoms with Crippen molar-refractivity contribution in [1.82, 2.24) is 15.2 Å². The predicted molar refractivity (Wildman–Crippen MR) is 87.9 cm³/mol. The Hall–Kier alpha value is -0.650. The zero-order chi connectivity index (χ0) is 14.7. The molecular weight excluding hydrogens is 268 g/mol. The summed E-state index contributed by atoms with van der Waals surface area (Å²) in [5, 5.41) is 4.54. The highest BCUT2D eigenvalue weighted by atomic mass is 32.1. The van der Waals surface area contributed by atoms with Crippen molar-refractivity contribution >= 4 is 16.5 Å². The fourth-order valence-electron chi connectivity index (χ4n) is 2.89. The van der Waals surface area contributed by atoms with Crippen molar-refractivity contribution < 1.29 is 0 Å². The van der Waals surface area contributed by atoms with Gasteiger partial charge in [-0.05, 0) is 47.3 Å². The summed E-state index contributed by atoms with van der Waals surface area (Å²) in [6.07, 6.45) is 2.41. The van der Waals surface area contributed by atoms with Crippen LogP contribution in [-0.4, -0.2) is 49.7 Å². The Morgan fingerprint density at radius 1 is 1.45 bits per heavy atom. The van der Waals surface area contributed by atoms with Crippen LogP contribution in [0.3, 0.4) is 0 Å². The molecule has 0 aliphatic carbocycles. The number of anilines is 1. The maximum absolute atomic E-state index is 4.85. The van der Waals surface area contributed by atoms with E-state index in [-0.39, 0.29) is 0 Å². The standard InChI is InChI=1S/C15H28N4S/c1-6-13-10-18(5)8-7-9-19(13)15-17-12(3)14(20-15)11(2)16-4/h11,13,16H,6-10H2,1-5H3. The summed E-state index contributed by atoms with van der Waals surface area (Å²) in [5.74, 6) is 0. The minimum atomic E-state index is 0.385. The number of nitrogens with one attached hydrogen (secondary N) is 1. The molecule has 0 saturated carbocycles. The van der Waals surface area contributed by atoms with Crippen molar-refractivity contribution in [2.24, 2.45) is 0 Å². The Labute approximate surface area is 127 Å². The van der Waals surface area contributed by atoms with Gasteiger partial charge in [-0.3, -0.25) is 0 Å². The zero-order valence-corrected chi connectivity index (χ0v) is 14.3. The molecule has 1 aliphatic rings. The SMILES string of the molecule is CCC1CN(C)CCCN1c1nc(C)c(C(C)NC)s1. The summed E-state index contributed by atoms with van der Waals surface area (Å²) < 4.78 is 0. The third-order valence-electron chi connectivity index (χ3n) is 4.27. The van der Waals surface area contributed by atoms with E-state index in [4.69, 9.17) is 4.98 Å². The van der Waals surface area contributed by atoms with E-state index in [0.717, 1.165) is 13.1 Å². The van der Waals surface area contributed by atoms with Crippen LogP contribution in [0.1, 0.15) is 43.3 Å². The third kappa shape index (κ3) is 3.32. The van der Waals surface area contributed by atoms with Crippen LogP contribution in [0.5, 0.6) is 0 Å². The second-order valence-corrected chi connectivity index (χ2v) is 6.84. The number of rotatable bonds is 4. The lowest BCUT2D eigenvalue weighted by Gasteiger charge is -2.29. The Morgan fingerprint density at radius 2 is 2.20 bits per heavy atom. The molecule has 0 amide bonds. The molecule has 1 N–H and O–H groups in total. The second-order valence-electron chi connectivity index (χ2n) is 5.83. The van der Waals surface area contributed by atoms with E-state index in [2.05, 4.69) is 42.9 Å². The lowest BCUT2D eigenvalue weighted by Crippen LogP contribution is -2.39. The van der Waals surface area contributed by atoms with Gasteiger partial charge in [0.15, 0.2) is 5.13 Å². The quantitative estimate of drug-likeness (QED) is 0.925. The van der Waals surface area contributed by atoms with E-state index >= 15 is 0 Å². The number of likely N-dealkylation sites (N-methyl/N-ethyl adjacent to an activating group) is 1. The number of hydrogen-bond donors (Lipinski definition) is 1. The topological polar surface area (TPSA) is 31.4 Å². The Kier molecular flexibility index (Phi) is 5.41. The molecular formula is C15H28N4S. The Balaban J connectivity index is 2.24. The van der Waals surface area contributed by atoms with E-state index in [1.165, 1.54) is 35.1 Å². The third-order valence-corrected chi connectivity index (χ3v) is 5.64. The molecule has 2 rings (SSSR count). The number of aromatic nitrogens is 1. The number of aryl methyl sites for hydroxylation is 1. The van der Waals surface area contributed by atoms with Gasteiger partial charge in [0.05, 0.1) is 5.69 Å². The molecule has 0 radical (unpaired) electrons. The number of nitrogens with zero attached hydrogens (tertiary/aromatic N) is 3. The average molecular weight is 296 g/mol. The van der Waals surface area contributed by atoms with Gasteiger partial charge in [-0.1, -0.05) is 6.92 Å². The van der Waals surface area contributed by atoms with E-state index in [0.29, 0.717) is 12.1 Å². The molecule has 20 heavy (non-hydrogen) atoms. The molecule has 1 saturated heterocycles. The number of thiazole rings is 1. The predicted octanol–water partition coefficient (Wildman–Crippen LogP) is 2.65. The van der Waals surface area contributed by atoms with Gasteiger partial charge in [-0.15, -0.1) is 11.3 Å². The van der Waals surface area contributed by atoms with Crippen molar-refractivity contribution in [1.29, 1.82) is 0 Å². The smallest absolute Gasteiger partial charge is 0.186 e. The van der Waals surface area contributed by atoms with Gasteiger partial charge >= 0.3 is 0 Å². The molecule has 1 aromatic rings. The van der Waals surface area contributed by atoms with Crippen LogP contribution in [-0.2, 0) is 0 Å². The first-order valence-electron chi connectivity index (χ1n) is 7.66. The lowest BCUT2D eigenvalue weighted by atomic mass is 10.2. The van der Waals surface area contributed by atoms with E-state index < -0.39 is 0 Å². The minimum Gasteiger partial charge on any atom is -0.344 e. The first kappa shape index (κ1) is 15.7. The van der Waals surface area contributed by atoms with Gasteiger partial charge in [-0.2, -0.15) is 0 Å². The molecule has 0 spiro atoms. The van der Waals surface area contributed by atoms with Crippen molar-refractivity contribution in [2.75, 3.05) is 38.6 Å². The summed E-state index contributed by atoms with van der Waals surface area (Å²) in [6, 6.07) is 0.974. The molecule has 0 bridgehead atoms. The summed E-state index contributed by atoms with van der Waals surface area (Å²) in [7, 11) is 4.24. The van der Waals surface area contributed by atoms with Gasteiger partial charge in [0.2, 0.25) is 0 Å². The molecule has 0 aromatic carbocycles. The van der Waals surface area contributed by atoms with Gasteiger partial charge in [-0.25, -0.2) is 4.98 Å². The first-order chi connectivity index (χ1) is 9.56. The van der Waals surface area contributed by atoms with Crippen molar-refractivity contribution in [3.63, 3.8) is 0 Å². The second kappa shape index (κ2) is 6.87. The monoisotopic (exact) mass is 296 g/mol. The van der Waals surface area contributed by atoms with Crippen molar-refractivity contribution in [3.8, 4) is 0 Å². The van der Waals surface area contributed by atoms with Crippen LogP contribution in [0.2, 0.25) is 0 Å². The van der Waals surface area contributed by atoms with Gasteiger partial charge in [0.1, 0.15) is 0 Å². The van der Waals surface area contributed by atoms with Gasteiger partial charge < -0.3 is 15.1 Å². The largest absolute Gasteiger partial charge is 0.344 e. The van der Waals surface area contributed by atoms with E-state index in [9.17, 15) is 0 Å².